The first kappa shape index (κ1) is 14.9. The molecule has 0 bridgehead atoms. The van der Waals surface area contributed by atoms with Crippen molar-refractivity contribution in [2.24, 2.45) is 0 Å². The Morgan fingerprint density at radius 1 is 1.35 bits per heavy atom. The third-order valence-electron chi connectivity index (χ3n) is 3.59. The summed E-state index contributed by atoms with van der Waals surface area (Å²) in [6.45, 7) is 2.50. The minimum atomic E-state index is -0.864. The second-order valence-corrected chi connectivity index (χ2v) is 5.70. The highest BCUT2D eigenvalue weighted by Crippen LogP contribution is 2.23. The topological polar surface area (TPSA) is 57.6 Å². The van der Waals surface area contributed by atoms with Crippen LogP contribution in [0.25, 0.3) is 0 Å². The highest BCUT2D eigenvalue weighted by Gasteiger charge is 2.29. The van der Waals surface area contributed by atoms with Crippen LogP contribution in [0.5, 0.6) is 0 Å². The number of benzene rings is 1. The van der Waals surface area contributed by atoms with E-state index in [0.717, 1.165) is 24.8 Å². The molecule has 1 N–H and O–H groups in total. The molecule has 1 atom stereocenters. The minimum Gasteiger partial charge on any atom is -0.481 e. The molecule has 1 amide bonds. The van der Waals surface area contributed by atoms with Gasteiger partial charge in [-0.2, -0.15) is 0 Å². The number of aryl methyl sites for hydroxylation is 1. The number of aliphatic carboxylic acids is 1. The van der Waals surface area contributed by atoms with Crippen LogP contribution < -0.4 is 0 Å². The smallest absolute Gasteiger partial charge is 0.305 e. The predicted molar refractivity (Wildman–Crippen MR) is 77.1 cm³/mol. The molecule has 108 valence electrons. The lowest BCUT2D eigenvalue weighted by Crippen LogP contribution is -2.44. The van der Waals surface area contributed by atoms with Gasteiger partial charge in [0.1, 0.15) is 0 Å². The number of hydrogen-bond donors (Lipinski definition) is 1. The highest BCUT2D eigenvalue weighted by molar-refractivity contribution is 6.31. The van der Waals surface area contributed by atoms with Crippen LogP contribution in [0.4, 0.5) is 0 Å². The maximum atomic E-state index is 12.6. The summed E-state index contributed by atoms with van der Waals surface area (Å²) in [5, 5.41) is 9.49. The summed E-state index contributed by atoms with van der Waals surface area (Å²) in [5.41, 5.74) is 1.46. The van der Waals surface area contributed by atoms with Gasteiger partial charge in [0.15, 0.2) is 0 Å². The number of piperidine rings is 1. The summed E-state index contributed by atoms with van der Waals surface area (Å²) in [4.78, 5) is 25.2. The molecule has 0 aliphatic carbocycles. The number of carboxylic acid groups (broad SMARTS) is 1. The Morgan fingerprint density at radius 3 is 2.75 bits per heavy atom. The van der Waals surface area contributed by atoms with Crippen LogP contribution in [-0.2, 0) is 4.79 Å². The fourth-order valence-corrected chi connectivity index (χ4v) is 3.00. The number of halogens is 1. The van der Waals surface area contributed by atoms with Crippen LogP contribution in [0.15, 0.2) is 18.2 Å². The number of amides is 1. The molecule has 1 aliphatic rings. The number of likely N-dealkylation sites (tertiary alicyclic amines) is 1. The summed E-state index contributed by atoms with van der Waals surface area (Å²) in [5.74, 6) is -0.987. The van der Waals surface area contributed by atoms with E-state index in [4.69, 9.17) is 16.7 Å². The quantitative estimate of drug-likeness (QED) is 0.932. The van der Waals surface area contributed by atoms with Gasteiger partial charge in [0.2, 0.25) is 0 Å². The van der Waals surface area contributed by atoms with Gasteiger partial charge in [-0.25, -0.2) is 0 Å². The van der Waals surface area contributed by atoms with E-state index in [2.05, 4.69) is 0 Å². The minimum absolute atomic E-state index is 0.00525. The van der Waals surface area contributed by atoms with Crippen molar-refractivity contribution in [2.75, 3.05) is 6.54 Å². The van der Waals surface area contributed by atoms with Crippen molar-refractivity contribution in [1.82, 2.24) is 4.90 Å². The lowest BCUT2D eigenvalue weighted by molar-refractivity contribution is -0.138. The maximum Gasteiger partial charge on any atom is 0.305 e. The molecule has 5 heteroatoms. The zero-order valence-electron chi connectivity index (χ0n) is 11.4. The van der Waals surface area contributed by atoms with E-state index in [-0.39, 0.29) is 18.4 Å². The van der Waals surface area contributed by atoms with Crippen molar-refractivity contribution >= 4 is 23.5 Å². The summed E-state index contributed by atoms with van der Waals surface area (Å²) >= 11 is 5.99. The Kier molecular flexibility index (Phi) is 4.65. The fourth-order valence-electron chi connectivity index (χ4n) is 2.71. The average Bonchev–Trinajstić information content (AvgIpc) is 2.36. The summed E-state index contributed by atoms with van der Waals surface area (Å²) in [7, 11) is 0. The fraction of sp³-hybridized carbons (Fsp3) is 0.467. The number of hydrogen-bond acceptors (Lipinski definition) is 2. The van der Waals surface area contributed by atoms with E-state index in [1.165, 1.54) is 0 Å². The zero-order valence-corrected chi connectivity index (χ0v) is 12.2. The Bertz CT molecular complexity index is 510. The zero-order chi connectivity index (χ0) is 14.7. The van der Waals surface area contributed by atoms with E-state index in [0.29, 0.717) is 17.1 Å². The SMILES string of the molecule is Cc1cc(Cl)cc(C(=O)N2CCCCC2CC(=O)O)c1. The first-order valence-electron chi connectivity index (χ1n) is 6.77. The van der Waals surface area contributed by atoms with Crippen molar-refractivity contribution in [3.05, 3.63) is 34.3 Å². The molecule has 1 aromatic rings. The van der Waals surface area contributed by atoms with Gasteiger partial charge in [-0.05, 0) is 49.9 Å². The standard InChI is InChI=1S/C15H18ClNO3/c1-10-6-11(8-12(16)7-10)15(20)17-5-3-2-4-13(17)9-14(18)19/h6-8,13H,2-5,9H2,1H3,(H,18,19). The van der Waals surface area contributed by atoms with Crippen LogP contribution in [0.3, 0.4) is 0 Å². The summed E-state index contributed by atoms with van der Waals surface area (Å²) < 4.78 is 0. The van der Waals surface area contributed by atoms with Gasteiger partial charge in [0.05, 0.1) is 6.42 Å². The van der Waals surface area contributed by atoms with E-state index in [1.54, 1.807) is 23.1 Å². The third kappa shape index (κ3) is 3.51. The van der Waals surface area contributed by atoms with E-state index >= 15 is 0 Å². The number of rotatable bonds is 3. The molecule has 4 nitrogen and oxygen atoms in total. The number of carbonyl (C=O) groups is 2. The van der Waals surface area contributed by atoms with E-state index < -0.39 is 5.97 Å². The van der Waals surface area contributed by atoms with Crippen molar-refractivity contribution in [3.8, 4) is 0 Å². The highest BCUT2D eigenvalue weighted by atomic mass is 35.5. The molecule has 1 aromatic carbocycles. The maximum absolute atomic E-state index is 12.6. The molecule has 1 saturated heterocycles. The Labute approximate surface area is 123 Å². The molecule has 1 heterocycles. The van der Waals surface area contributed by atoms with Gasteiger partial charge < -0.3 is 10.0 Å². The molecule has 2 rings (SSSR count). The Hall–Kier alpha value is -1.55. The molecular weight excluding hydrogens is 278 g/mol. The van der Waals surface area contributed by atoms with Crippen LogP contribution in [0.1, 0.15) is 41.6 Å². The van der Waals surface area contributed by atoms with Crippen molar-refractivity contribution in [1.29, 1.82) is 0 Å². The van der Waals surface area contributed by atoms with Gasteiger partial charge >= 0.3 is 5.97 Å². The molecule has 0 aromatic heterocycles. The Morgan fingerprint density at radius 2 is 2.10 bits per heavy atom. The second-order valence-electron chi connectivity index (χ2n) is 5.26. The second kappa shape index (κ2) is 6.27. The van der Waals surface area contributed by atoms with Crippen LogP contribution >= 0.6 is 11.6 Å². The van der Waals surface area contributed by atoms with Gasteiger partial charge in [-0.1, -0.05) is 11.6 Å². The van der Waals surface area contributed by atoms with Crippen molar-refractivity contribution < 1.29 is 14.7 Å². The molecule has 1 unspecified atom stereocenters. The Balaban J connectivity index is 2.22. The first-order valence-corrected chi connectivity index (χ1v) is 7.15. The molecule has 1 aliphatic heterocycles. The first-order chi connectivity index (χ1) is 9.47. The lowest BCUT2D eigenvalue weighted by Gasteiger charge is -2.35. The summed E-state index contributed by atoms with van der Waals surface area (Å²) in [6.07, 6.45) is 2.64. The van der Waals surface area contributed by atoms with E-state index in [9.17, 15) is 9.59 Å². The van der Waals surface area contributed by atoms with Crippen molar-refractivity contribution in [3.63, 3.8) is 0 Å². The average molecular weight is 296 g/mol. The monoisotopic (exact) mass is 295 g/mol. The van der Waals surface area contributed by atoms with Crippen molar-refractivity contribution in [2.45, 2.75) is 38.6 Å². The number of carbonyl (C=O) groups excluding carboxylic acids is 1. The predicted octanol–water partition coefficient (Wildman–Crippen LogP) is 3.12. The molecule has 1 fully saturated rings. The van der Waals surface area contributed by atoms with Crippen LogP contribution in [0, 0.1) is 6.92 Å². The van der Waals surface area contributed by atoms with E-state index in [1.807, 2.05) is 6.92 Å². The van der Waals surface area contributed by atoms with Crippen LogP contribution in [-0.4, -0.2) is 34.5 Å². The van der Waals surface area contributed by atoms with Gasteiger partial charge in [-0.15, -0.1) is 0 Å². The normalized spacial score (nSPS) is 18.9. The third-order valence-corrected chi connectivity index (χ3v) is 3.81. The molecule has 20 heavy (non-hydrogen) atoms. The van der Waals surface area contributed by atoms with Gasteiger partial charge in [0, 0.05) is 23.2 Å². The lowest BCUT2D eigenvalue weighted by atomic mass is 9.98. The number of carboxylic acids is 1. The molecule has 0 spiro atoms. The largest absolute Gasteiger partial charge is 0.481 e. The molecule has 0 saturated carbocycles. The van der Waals surface area contributed by atoms with Gasteiger partial charge in [-0.3, -0.25) is 9.59 Å². The molecule has 0 radical (unpaired) electrons. The number of nitrogens with zero attached hydrogens (tertiary/aromatic N) is 1. The molecular formula is C15H18ClNO3. The van der Waals surface area contributed by atoms with Crippen LogP contribution in [0.2, 0.25) is 5.02 Å². The summed E-state index contributed by atoms with van der Waals surface area (Å²) in [6, 6.07) is 5.01. The van der Waals surface area contributed by atoms with Gasteiger partial charge in [0.25, 0.3) is 5.91 Å².